The lowest BCUT2D eigenvalue weighted by atomic mass is 9.86. The molecule has 17 heavy (non-hydrogen) atoms. The lowest BCUT2D eigenvalue weighted by molar-refractivity contribution is 0.225. The number of nitrogens with one attached hydrogen (secondary N) is 1. The average molecular weight is 236 g/mol. The van der Waals surface area contributed by atoms with E-state index in [0.29, 0.717) is 6.04 Å². The molecule has 1 fully saturated rings. The third kappa shape index (κ3) is 3.71. The number of nitrogens with zero attached hydrogens (tertiary/aromatic N) is 1. The van der Waals surface area contributed by atoms with Gasteiger partial charge < -0.3 is 5.32 Å². The fourth-order valence-corrected chi connectivity index (χ4v) is 3.08. The zero-order chi connectivity index (χ0) is 12.7. The van der Waals surface area contributed by atoms with E-state index in [-0.39, 0.29) is 11.5 Å². The Labute approximate surface area is 107 Å². The van der Waals surface area contributed by atoms with E-state index in [9.17, 15) is 5.26 Å². The van der Waals surface area contributed by atoms with Crippen molar-refractivity contribution in [2.45, 2.75) is 83.7 Å². The Morgan fingerprint density at radius 2 is 1.65 bits per heavy atom. The van der Waals surface area contributed by atoms with Crippen LogP contribution in [0.4, 0.5) is 0 Å². The molecule has 0 aliphatic heterocycles. The van der Waals surface area contributed by atoms with Crippen molar-refractivity contribution in [3.63, 3.8) is 0 Å². The van der Waals surface area contributed by atoms with Gasteiger partial charge in [0.05, 0.1) is 12.0 Å². The molecule has 0 saturated heterocycles. The first-order chi connectivity index (χ1) is 8.21. The Morgan fingerprint density at radius 1 is 1.06 bits per heavy atom. The van der Waals surface area contributed by atoms with Crippen molar-refractivity contribution in [2.24, 2.45) is 5.92 Å². The first-order valence-corrected chi connectivity index (χ1v) is 7.38. The summed E-state index contributed by atoms with van der Waals surface area (Å²) in [6.45, 7) is 6.79. The van der Waals surface area contributed by atoms with Gasteiger partial charge in [0.25, 0.3) is 0 Å². The van der Waals surface area contributed by atoms with Crippen LogP contribution in [0.5, 0.6) is 0 Å². The first-order valence-electron chi connectivity index (χ1n) is 7.38. The molecule has 1 saturated carbocycles. The van der Waals surface area contributed by atoms with Crippen molar-refractivity contribution in [2.75, 3.05) is 0 Å². The molecule has 0 aromatic rings. The Balaban J connectivity index is 2.71. The third-order valence-electron chi connectivity index (χ3n) is 4.70. The zero-order valence-corrected chi connectivity index (χ0v) is 11.8. The SMILES string of the molecule is CCC(CC)(CC)NC1CCCCCC1C#N. The maximum Gasteiger partial charge on any atom is 0.0672 e. The molecule has 0 bridgehead atoms. The van der Waals surface area contributed by atoms with Crippen LogP contribution in [-0.2, 0) is 0 Å². The van der Waals surface area contributed by atoms with E-state index in [4.69, 9.17) is 0 Å². The second-order valence-electron chi connectivity index (χ2n) is 5.47. The second-order valence-corrected chi connectivity index (χ2v) is 5.47. The highest BCUT2D eigenvalue weighted by Crippen LogP contribution is 2.28. The summed E-state index contributed by atoms with van der Waals surface area (Å²) in [7, 11) is 0. The molecule has 0 aromatic carbocycles. The minimum absolute atomic E-state index is 0.224. The largest absolute Gasteiger partial charge is 0.307 e. The molecule has 1 rings (SSSR count). The summed E-state index contributed by atoms with van der Waals surface area (Å²) in [6, 6.07) is 2.95. The van der Waals surface area contributed by atoms with Crippen molar-refractivity contribution in [1.29, 1.82) is 5.26 Å². The predicted octanol–water partition coefficient (Wildman–Crippen LogP) is 4.02. The van der Waals surface area contributed by atoms with E-state index in [1.165, 1.54) is 25.7 Å². The normalized spacial score (nSPS) is 26.2. The monoisotopic (exact) mass is 236 g/mol. The summed E-state index contributed by atoms with van der Waals surface area (Å²) in [4.78, 5) is 0. The van der Waals surface area contributed by atoms with Gasteiger partial charge in [-0.2, -0.15) is 5.26 Å². The molecule has 2 nitrogen and oxygen atoms in total. The standard InChI is InChI=1S/C15H28N2/c1-4-15(5-2,6-3)17-14-11-9-7-8-10-13(14)12-16/h13-14,17H,4-11H2,1-3H3. The molecule has 1 N–H and O–H groups in total. The average Bonchev–Trinajstić information content (AvgIpc) is 2.61. The topological polar surface area (TPSA) is 35.8 Å². The summed E-state index contributed by atoms with van der Waals surface area (Å²) < 4.78 is 0. The zero-order valence-electron chi connectivity index (χ0n) is 11.8. The highest BCUT2D eigenvalue weighted by atomic mass is 15.0. The molecule has 2 unspecified atom stereocenters. The minimum atomic E-state index is 0.224. The smallest absolute Gasteiger partial charge is 0.0672 e. The number of rotatable bonds is 5. The van der Waals surface area contributed by atoms with Gasteiger partial charge >= 0.3 is 0 Å². The molecule has 0 aromatic heterocycles. The first kappa shape index (κ1) is 14.5. The second kappa shape index (κ2) is 7.01. The van der Waals surface area contributed by atoms with Gasteiger partial charge in [-0.1, -0.05) is 40.0 Å². The molecule has 0 amide bonds. The van der Waals surface area contributed by atoms with Gasteiger partial charge in [0.15, 0.2) is 0 Å². The molecule has 0 radical (unpaired) electrons. The van der Waals surface area contributed by atoms with Crippen molar-refractivity contribution in [3.8, 4) is 6.07 Å². The molecular formula is C15H28N2. The minimum Gasteiger partial charge on any atom is -0.307 e. The number of hydrogen-bond donors (Lipinski definition) is 1. The van der Waals surface area contributed by atoms with Gasteiger partial charge in [0.2, 0.25) is 0 Å². The maximum atomic E-state index is 9.31. The van der Waals surface area contributed by atoms with Crippen LogP contribution >= 0.6 is 0 Å². The quantitative estimate of drug-likeness (QED) is 0.732. The molecule has 0 spiro atoms. The van der Waals surface area contributed by atoms with Crippen molar-refractivity contribution in [1.82, 2.24) is 5.32 Å². The maximum absolute atomic E-state index is 9.31. The van der Waals surface area contributed by atoms with Crippen LogP contribution < -0.4 is 5.32 Å². The summed E-state index contributed by atoms with van der Waals surface area (Å²) >= 11 is 0. The fraction of sp³-hybridized carbons (Fsp3) is 0.933. The van der Waals surface area contributed by atoms with Gasteiger partial charge in [0, 0.05) is 11.6 Å². The highest BCUT2D eigenvalue weighted by molar-refractivity contribution is 4.98. The number of hydrogen-bond acceptors (Lipinski definition) is 2. The Bertz CT molecular complexity index is 242. The van der Waals surface area contributed by atoms with Crippen LogP contribution in [0.1, 0.15) is 72.1 Å². The third-order valence-corrected chi connectivity index (χ3v) is 4.70. The summed E-state index contributed by atoms with van der Waals surface area (Å²) in [5, 5.41) is 13.1. The van der Waals surface area contributed by atoms with Crippen LogP contribution in [0.15, 0.2) is 0 Å². The molecule has 1 aliphatic carbocycles. The van der Waals surface area contributed by atoms with Gasteiger partial charge in [-0.3, -0.25) is 0 Å². The van der Waals surface area contributed by atoms with Crippen LogP contribution in [0.25, 0.3) is 0 Å². The summed E-state index contributed by atoms with van der Waals surface area (Å²) in [6.07, 6.45) is 9.56. The molecule has 2 heteroatoms. The van der Waals surface area contributed by atoms with E-state index in [0.717, 1.165) is 25.7 Å². The molecule has 2 atom stereocenters. The van der Waals surface area contributed by atoms with Gasteiger partial charge in [-0.25, -0.2) is 0 Å². The molecule has 98 valence electrons. The lowest BCUT2D eigenvalue weighted by Crippen LogP contribution is -2.51. The van der Waals surface area contributed by atoms with Gasteiger partial charge in [0.1, 0.15) is 0 Å². The van der Waals surface area contributed by atoms with E-state index in [2.05, 4.69) is 32.2 Å². The van der Waals surface area contributed by atoms with E-state index in [1.807, 2.05) is 0 Å². The van der Waals surface area contributed by atoms with Crippen molar-refractivity contribution >= 4 is 0 Å². The Morgan fingerprint density at radius 3 is 2.18 bits per heavy atom. The van der Waals surface area contributed by atoms with Crippen LogP contribution in [-0.4, -0.2) is 11.6 Å². The summed E-state index contributed by atoms with van der Waals surface area (Å²) in [5.74, 6) is 0.224. The molecular weight excluding hydrogens is 208 g/mol. The van der Waals surface area contributed by atoms with Crippen molar-refractivity contribution < 1.29 is 0 Å². The predicted molar refractivity (Wildman–Crippen MR) is 72.7 cm³/mol. The Hall–Kier alpha value is -0.550. The molecule has 0 heterocycles. The van der Waals surface area contributed by atoms with E-state index in [1.54, 1.807) is 0 Å². The van der Waals surface area contributed by atoms with Crippen LogP contribution in [0.3, 0.4) is 0 Å². The van der Waals surface area contributed by atoms with Gasteiger partial charge in [-0.15, -0.1) is 0 Å². The number of nitriles is 1. The molecule has 1 aliphatic rings. The fourth-order valence-electron chi connectivity index (χ4n) is 3.08. The lowest BCUT2D eigenvalue weighted by Gasteiger charge is -2.37. The van der Waals surface area contributed by atoms with Crippen LogP contribution in [0.2, 0.25) is 0 Å². The van der Waals surface area contributed by atoms with E-state index < -0.39 is 0 Å². The Kier molecular flexibility index (Phi) is 5.98. The highest BCUT2D eigenvalue weighted by Gasteiger charge is 2.31. The van der Waals surface area contributed by atoms with Crippen LogP contribution in [0, 0.1) is 17.2 Å². The van der Waals surface area contributed by atoms with Crippen molar-refractivity contribution in [3.05, 3.63) is 0 Å². The van der Waals surface area contributed by atoms with E-state index >= 15 is 0 Å². The van der Waals surface area contributed by atoms with Gasteiger partial charge in [-0.05, 0) is 32.1 Å². The summed E-state index contributed by atoms with van der Waals surface area (Å²) in [5.41, 5.74) is 0.254.